The highest BCUT2D eigenvalue weighted by molar-refractivity contribution is 7.11. The molecule has 0 unspecified atom stereocenters. The molecule has 1 heterocycles. The van der Waals surface area contributed by atoms with Crippen molar-refractivity contribution in [3.63, 3.8) is 0 Å². The van der Waals surface area contributed by atoms with Gasteiger partial charge in [-0.25, -0.2) is 0 Å². The molecule has 0 radical (unpaired) electrons. The number of hydrogen-bond acceptors (Lipinski definition) is 3. The lowest BCUT2D eigenvalue weighted by atomic mass is 10.1. The maximum absolute atomic E-state index is 5.75. The molecule has 1 aromatic heterocycles. The van der Waals surface area contributed by atoms with Crippen molar-refractivity contribution in [2.24, 2.45) is 0 Å². The lowest BCUT2D eigenvalue weighted by Crippen LogP contribution is -1.83. The molecule has 19 heavy (non-hydrogen) atoms. The van der Waals surface area contributed by atoms with Crippen LogP contribution in [-0.2, 0) is 0 Å². The molecule has 2 aromatic carbocycles. The summed E-state index contributed by atoms with van der Waals surface area (Å²) in [5, 5.41) is 2.76. The van der Waals surface area contributed by atoms with Gasteiger partial charge in [-0.3, -0.25) is 0 Å². The first-order chi connectivity index (χ1) is 9.31. The van der Waals surface area contributed by atoms with Crippen molar-refractivity contribution in [3.8, 4) is 22.1 Å². The molecule has 0 spiro atoms. The van der Waals surface area contributed by atoms with Crippen LogP contribution in [0.3, 0.4) is 0 Å². The molecular weight excluding hydrogens is 278 g/mol. The number of nitrogens with zero attached hydrogens (tertiary/aromatic N) is 1. The van der Waals surface area contributed by atoms with Gasteiger partial charge in [0.2, 0.25) is 0 Å². The van der Waals surface area contributed by atoms with Crippen molar-refractivity contribution in [2.75, 3.05) is 0 Å². The summed E-state index contributed by atoms with van der Waals surface area (Å²) in [6, 6.07) is 18.1. The molecule has 0 amide bonds. The molecule has 0 N–H and O–H groups in total. The van der Waals surface area contributed by atoms with Crippen LogP contribution in [0.15, 0.2) is 60.0 Å². The normalized spacial score (nSPS) is 10.4. The number of hydrogen-bond donors (Lipinski definition) is 0. The highest BCUT2D eigenvalue weighted by atomic mass is 35.5. The van der Waals surface area contributed by atoms with Crippen LogP contribution in [0.4, 0.5) is 0 Å². The third-order valence-corrected chi connectivity index (χ3v) is 3.66. The average molecular weight is 288 g/mol. The summed E-state index contributed by atoms with van der Waals surface area (Å²) >= 11 is 7.13. The van der Waals surface area contributed by atoms with E-state index in [9.17, 15) is 0 Å². The molecule has 0 aliphatic rings. The average Bonchev–Trinajstić information content (AvgIpc) is 2.86. The summed E-state index contributed by atoms with van der Waals surface area (Å²) in [7, 11) is 0. The minimum atomic E-state index is 0.459. The Balaban J connectivity index is 1.79. The van der Waals surface area contributed by atoms with E-state index in [4.69, 9.17) is 16.3 Å². The molecule has 0 aliphatic carbocycles. The summed E-state index contributed by atoms with van der Waals surface area (Å²) in [6.07, 6.45) is 0. The molecular formula is C15H10ClNOS. The van der Waals surface area contributed by atoms with Crippen LogP contribution in [0.25, 0.3) is 11.1 Å². The molecule has 2 nitrogen and oxygen atoms in total. The standard InChI is InChI=1S/C15H10ClNOS/c16-14-10-19-15(17-14)18-13-8-6-12(7-9-13)11-4-2-1-3-5-11/h1-10H. The van der Waals surface area contributed by atoms with Crippen LogP contribution in [0.5, 0.6) is 10.9 Å². The van der Waals surface area contributed by atoms with Gasteiger partial charge in [0.25, 0.3) is 5.19 Å². The fourth-order valence-corrected chi connectivity index (χ4v) is 2.54. The third-order valence-electron chi connectivity index (χ3n) is 2.62. The molecule has 0 saturated heterocycles. The second-order valence-corrected chi connectivity index (χ2v) is 5.14. The van der Waals surface area contributed by atoms with E-state index < -0.39 is 0 Å². The van der Waals surface area contributed by atoms with Crippen molar-refractivity contribution in [1.82, 2.24) is 4.98 Å². The smallest absolute Gasteiger partial charge is 0.280 e. The van der Waals surface area contributed by atoms with Crippen LogP contribution in [-0.4, -0.2) is 4.98 Å². The molecule has 3 aromatic rings. The first-order valence-corrected chi connectivity index (χ1v) is 7.01. The number of ether oxygens (including phenoxy) is 1. The van der Waals surface area contributed by atoms with Gasteiger partial charge in [-0.1, -0.05) is 65.4 Å². The molecule has 0 fully saturated rings. The van der Waals surface area contributed by atoms with Crippen molar-refractivity contribution in [2.45, 2.75) is 0 Å². The van der Waals surface area contributed by atoms with E-state index in [1.54, 1.807) is 5.38 Å². The molecule has 3 rings (SSSR count). The number of rotatable bonds is 3. The Kier molecular flexibility index (Phi) is 3.49. The maximum Gasteiger partial charge on any atom is 0.280 e. The van der Waals surface area contributed by atoms with Crippen LogP contribution < -0.4 is 4.74 Å². The molecule has 4 heteroatoms. The Labute approximate surface area is 120 Å². The summed E-state index contributed by atoms with van der Waals surface area (Å²) in [4.78, 5) is 4.05. The first-order valence-electron chi connectivity index (χ1n) is 5.75. The Hall–Kier alpha value is -1.84. The number of benzene rings is 2. The fourth-order valence-electron chi connectivity index (χ4n) is 1.73. The number of halogens is 1. The second kappa shape index (κ2) is 5.43. The van der Waals surface area contributed by atoms with Gasteiger partial charge >= 0.3 is 0 Å². The van der Waals surface area contributed by atoms with E-state index in [1.165, 1.54) is 16.9 Å². The molecule has 0 aliphatic heterocycles. The zero-order chi connectivity index (χ0) is 13.1. The van der Waals surface area contributed by atoms with Crippen molar-refractivity contribution in [1.29, 1.82) is 0 Å². The van der Waals surface area contributed by atoms with E-state index in [2.05, 4.69) is 17.1 Å². The molecule has 0 bridgehead atoms. The van der Waals surface area contributed by atoms with Crippen LogP contribution in [0.2, 0.25) is 5.15 Å². The Morgan fingerprint density at radius 1 is 0.895 bits per heavy atom. The minimum Gasteiger partial charge on any atom is -0.431 e. The number of aromatic nitrogens is 1. The first kappa shape index (κ1) is 12.2. The second-order valence-electron chi connectivity index (χ2n) is 3.93. The fraction of sp³-hybridized carbons (Fsp3) is 0. The Bertz CT molecular complexity index is 664. The van der Waals surface area contributed by atoms with Crippen molar-refractivity contribution in [3.05, 3.63) is 65.1 Å². The lowest BCUT2D eigenvalue weighted by molar-refractivity contribution is 0.479. The molecule has 0 saturated carbocycles. The highest BCUT2D eigenvalue weighted by Gasteiger charge is 2.03. The SMILES string of the molecule is Clc1csc(Oc2ccc(-c3ccccc3)cc2)n1. The van der Waals surface area contributed by atoms with Gasteiger partial charge in [0, 0.05) is 5.38 Å². The van der Waals surface area contributed by atoms with Gasteiger partial charge in [-0.2, -0.15) is 4.98 Å². The van der Waals surface area contributed by atoms with E-state index in [0.29, 0.717) is 10.3 Å². The van der Waals surface area contributed by atoms with Gasteiger partial charge in [-0.05, 0) is 23.3 Å². The van der Waals surface area contributed by atoms with Gasteiger partial charge < -0.3 is 4.74 Å². The Morgan fingerprint density at radius 3 is 2.21 bits per heavy atom. The van der Waals surface area contributed by atoms with Crippen LogP contribution >= 0.6 is 22.9 Å². The predicted octanol–water partition coefficient (Wildman–Crippen LogP) is 5.26. The van der Waals surface area contributed by atoms with Crippen LogP contribution in [0, 0.1) is 0 Å². The topological polar surface area (TPSA) is 22.1 Å². The lowest BCUT2D eigenvalue weighted by Gasteiger charge is -2.04. The summed E-state index contributed by atoms with van der Waals surface area (Å²) < 4.78 is 5.61. The maximum atomic E-state index is 5.75. The molecule has 0 atom stereocenters. The van der Waals surface area contributed by atoms with Crippen molar-refractivity contribution >= 4 is 22.9 Å². The zero-order valence-corrected chi connectivity index (χ0v) is 11.5. The Morgan fingerprint density at radius 2 is 1.58 bits per heavy atom. The minimum absolute atomic E-state index is 0.459. The van der Waals surface area contributed by atoms with E-state index >= 15 is 0 Å². The largest absolute Gasteiger partial charge is 0.431 e. The quantitative estimate of drug-likeness (QED) is 0.656. The highest BCUT2D eigenvalue weighted by Crippen LogP contribution is 2.28. The summed E-state index contributed by atoms with van der Waals surface area (Å²) in [5.74, 6) is 0.755. The number of thiazole rings is 1. The summed E-state index contributed by atoms with van der Waals surface area (Å²) in [5.41, 5.74) is 2.34. The van der Waals surface area contributed by atoms with E-state index in [-0.39, 0.29) is 0 Å². The van der Waals surface area contributed by atoms with E-state index in [1.807, 2.05) is 42.5 Å². The van der Waals surface area contributed by atoms with Crippen LogP contribution in [0.1, 0.15) is 0 Å². The summed E-state index contributed by atoms with van der Waals surface area (Å²) in [6.45, 7) is 0. The van der Waals surface area contributed by atoms with Gasteiger partial charge in [0.05, 0.1) is 0 Å². The zero-order valence-electron chi connectivity index (χ0n) is 9.92. The predicted molar refractivity (Wildman–Crippen MR) is 79.1 cm³/mol. The van der Waals surface area contributed by atoms with Gasteiger partial charge in [0.15, 0.2) is 0 Å². The molecule has 94 valence electrons. The monoisotopic (exact) mass is 287 g/mol. The van der Waals surface area contributed by atoms with Crippen molar-refractivity contribution < 1.29 is 4.74 Å². The van der Waals surface area contributed by atoms with E-state index in [0.717, 1.165) is 11.3 Å². The van der Waals surface area contributed by atoms with Gasteiger partial charge in [-0.15, -0.1) is 0 Å². The van der Waals surface area contributed by atoms with Gasteiger partial charge in [0.1, 0.15) is 10.9 Å². The third kappa shape index (κ3) is 2.95.